The minimum absolute atomic E-state index is 0.0925. The summed E-state index contributed by atoms with van der Waals surface area (Å²) >= 11 is 0. The lowest BCUT2D eigenvalue weighted by Gasteiger charge is -2.41. The number of rotatable bonds is 5. The van der Waals surface area contributed by atoms with E-state index in [1.807, 2.05) is 4.57 Å². The maximum absolute atomic E-state index is 13.2. The summed E-state index contributed by atoms with van der Waals surface area (Å²) in [4.78, 5) is 37.3. The van der Waals surface area contributed by atoms with Crippen LogP contribution < -0.4 is 0 Å². The average Bonchev–Trinajstić information content (AvgIpc) is 3.10. The largest absolute Gasteiger partial charge is 0.505 e. The van der Waals surface area contributed by atoms with Gasteiger partial charge in [-0.1, -0.05) is 19.3 Å². The number of carbonyl (C=O) groups excluding carboxylic acids is 3. The Balaban J connectivity index is 1.93. The van der Waals surface area contributed by atoms with Crippen molar-refractivity contribution in [1.82, 2.24) is 4.57 Å². The summed E-state index contributed by atoms with van der Waals surface area (Å²) in [6, 6.07) is 3.50. The first-order valence-corrected chi connectivity index (χ1v) is 8.86. The molecule has 0 bridgehead atoms. The molecule has 0 radical (unpaired) electrons. The highest BCUT2D eigenvalue weighted by Gasteiger charge is 2.49. The maximum atomic E-state index is 13.2. The Morgan fingerprint density at radius 3 is 2.64 bits per heavy atom. The number of esters is 1. The van der Waals surface area contributed by atoms with Crippen molar-refractivity contribution < 1.29 is 24.2 Å². The quantitative estimate of drug-likeness (QED) is 0.655. The Morgan fingerprint density at radius 2 is 1.96 bits per heavy atom. The van der Waals surface area contributed by atoms with Crippen LogP contribution in [-0.2, 0) is 24.7 Å². The highest BCUT2D eigenvalue weighted by atomic mass is 16.5. The summed E-state index contributed by atoms with van der Waals surface area (Å²) in [6.45, 7) is 1.94. The zero-order valence-electron chi connectivity index (χ0n) is 14.4. The second-order valence-electron chi connectivity index (χ2n) is 6.64. The lowest BCUT2D eigenvalue weighted by molar-refractivity contribution is -0.144. The number of aliphatic hydroxyl groups excluding tert-OH is 1. The smallest absolute Gasteiger partial charge is 0.306 e. The zero-order chi connectivity index (χ0) is 18.0. The maximum Gasteiger partial charge on any atom is 0.306 e. The van der Waals surface area contributed by atoms with Crippen LogP contribution in [0, 0.1) is 0 Å². The van der Waals surface area contributed by atoms with E-state index in [0.717, 1.165) is 19.3 Å². The van der Waals surface area contributed by atoms with Crippen LogP contribution in [0.5, 0.6) is 0 Å². The lowest BCUT2D eigenvalue weighted by atomic mass is 9.73. The van der Waals surface area contributed by atoms with E-state index in [9.17, 15) is 19.5 Å². The molecule has 0 unspecified atom stereocenters. The molecular weight excluding hydrogens is 322 g/mol. The van der Waals surface area contributed by atoms with E-state index < -0.39 is 17.3 Å². The molecule has 134 valence electrons. The molecule has 1 aromatic heterocycles. The molecule has 0 saturated heterocycles. The number of hydrogen-bond donors (Lipinski definition) is 1. The Bertz CT molecular complexity index is 737. The van der Waals surface area contributed by atoms with Crippen LogP contribution in [0.15, 0.2) is 23.9 Å². The predicted molar refractivity (Wildman–Crippen MR) is 90.9 cm³/mol. The van der Waals surface area contributed by atoms with Gasteiger partial charge in [-0.05, 0) is 31.9 Å². The molecule has 1 spiro atoms. The highest BCUT2D eigenvalue weighted by molar-refractivity contribution is 6.27. The number of Topliss-reactive ketones (excluding diaryl/α,β-unsaturated/α-hetero) is 2. The number of fused-ring (bicyclic) bond motifs is 2. The van der Waals surface area contributed by atoms with E-state index in [0.29, 0.717) is 18.5 Å². The van der Waals surface area contributed by atoms with Crippen molar-refractivity contribution >= 4 is 23.3 Å². The van der Waals surface area contributed by atoms with Gasteiger partial charge in [-0.25, -0.2) is 0 Å². The molecule has 0 amide bonds. The van der Waals surface area contributed by atoms with Gasteiger partial charge in [0.2, 0.25) is 0 Å². The molecule has 6 nitrogen and oxygen atoms in total. The molecule has 1 aliphatic carbocycles. The van der Waals surface area contributed by atoms with Crippen LogP contribution in [0.1, 0.15) is 57.6 Å². The average molecular weight is 345 g/mol. The molecule has 3 rings (SSSR count). The zero-order valence-corrected chi connectivity index (χ0v) is 14.4. The SMILES string of the molecule is CCOC(=O)CCC(=O)C1=C(O)c2cccn2C2(CCCCC2)C1=O. The molecule has 25 heavy (non-hydrogen) atoms. The summed E-state index contributed by atoms with van der Waals surface area (Å²) in [5.74, 6) is -1.56. The molecule has 0 aromatic carbocycles. The molecule has 1 fully saturated rings. The van der Waals surface area contributed by atoms with Crippen LogP contribution in [0.3, 0.4) is 0 Å². The first kappa shape index (κ1) is 17.5. The lowest BCUT2D eigenvalue weighted by Crippen LogP contribution is -2.48. The van der Waals surface area contributed by atoms with Gasteiger partial charge in [0.25, 0.3) is 0 Å². The van der Waals surface area contributed by atoms with E-state index in [1.165, 1.54) is 0 Å². The molecule has 1 aromatic rings. The van der Waals surface area contributed by atoms with Crippen molar-refractivity contribution in [3.05, 3.63) is 29.6 Å². The topological polar surface area (TPSA) is 85.6 Å². The Labute approximate surface area is 146 Å². The fourth-order valence-corrected chi connectivity index (χ4v) is 3.96. The molecule has 2 aliphatic rings. The third-order valence-electron chi connectivity index (χ3n) is 5.16. The van der Waals surface area contributed by atoms with Crippen LogP contribution in [0.2, 0.25) is 0 Å². The summed E-state index contributed by atoms with van der Waals surface area (Å²) in [6.07, 6.45) is 5.78. The number of allylic oxidation sites excluding steroid dienone is 1. The Hall–Kier alpha value is -2.37. The molecule has 1 N–H and O–H groups in total. The van der Waals surface area contributed by atoms with Gasteiger partial charge < -0.3 is 14.4 Å². The molecular formula is C19H23NO5. The van der Waals surface area contributed by atoms with E-state index in [4.69, 9.17) is 4.74 Å². The number of aliphatic hydroxyl groups is 1. The minimum Gasteiger partial charge on any atom is -0.505 e. The number of hydrogen-bond acceptors (Lipinski definition) is 5. The third-order valence-corrected chi connectivity index (χ3v) is 5.16. The monoisotopic (exact) mass is 345 g/mol. The standard InChI is InChI=1S/C19H23NO5/c1-2-25-15(22)9-8-14(21)16-17(23)13-7-6-12-20(13)19(18(16)24)10-4-3-5-11-19/h6-7,12,23H,2-5,8-11H2,1H3. The van der Waals surface area contributed by atoms with Crippen LogP contribution >= 0.6 is 0 Å². The number of carbonyl (C=O) groups is 3. The number of aromatic nitrogens is 1. The Morgan fingerprint density at radius 1 is 1.24 bits per heavy atom. The molecule has 1 saturated carbocycles. The first-order valence-electron chi connectivity index (χ1n) is 8.86. The minimum atomic E-state index is -0.780. The van der Waals surface area contributed by atoms with Gasteiger partial charge in [0.1, 0.15) is 11.1 Å². The summed E-state index contributed by atoms with van der Waals surface area (Å²) in [5, 5.41) is 10.5. The van der Waals surface area contributed by atoms with E-state index in [2.05, 4.69) is 0 Å². The van der Waals surface area contributed by atoms with Crippen molar-refractivity contribution in [3.8, 4) is 0 Å². The number of ketones is 2. The van der Waals surface area contributed by atoms with E-state index in [1.54, 1.807) is 25.3 Å². The fraction of sp³-hybridized carbons (Fsp3) is 0.526. The molecule has 1 aliphatic heterocycles. The van der Waals surface area contributed by atoms with Crippen molar-refractivity contribution in [1.29, 1.82) is 0 Å². The third kappa shape index (κ3) is 2.90. The van der Waals surface area contributed by atoms with Gasteiger partial charge in [-0.15, -0.1) is 0 Å². The van der Waals surface area contributed by atoms with Gasteiger partial charge in [-0.3, -0.25) is 14.4 Å². The van der Waals surface area contributed by atoms with Crippen molar-refractivity contribution in [2.45, 2.75) is 57.4 Å². The first-order chi connectivity index (χ1) is 12.0. The van der Waals surface area contributed by atoms with Gasteiger partial charge in [0, 0.05) is 12.6 Å². The second kappa shape index (κ2) is 6.86. The number of nitrogens with zero attached hydrogens (tertiary/aromatic N) is 1. The van der Waals surface area contributed by atoms with Crippen molar-refractivity contribution in [2.75, 3.05) is 6.61 Å². The highest BCUT2D eigenvalue weighted by Crippen LogP contribution is 2.44. The van der Waals surface area contributed by atoms with Gasteiger partial charge in [0.05, 0.1) is 18.7 Å². The van der Waals surface area contributed by atoms with E-state index in [-0.39, 0.29) is 36.6 Å². The Kier molecular flexibility index (Phi) is 4.79. The van der Waals surface area contributed by atoms with Crippen molar-refractivity contribution in [2.24, 2.45) is 0 Å². The van der Waals surface area contributed by atoms with E-state index >= 15 is 0 Å². The van der Waals surface area contributed by atoms with Gasteiger partial charge in [-0.2, -0.15) is 0 Å². The molecule has 6 heteroatoms. The van der Waals surface area contributed by atoms with Crippen molar-refractivity contribution in [3.63, 3.8) is 0 Å². The molecule has 0 atom stereocenters. The van der Waals surface area contributed by atoms with Crippen LogP contribution in [0.4, 0.5) is 0 Å². The number of ether oxygens (including phenoxy) is 1. The van der Waals surface area contributed by atoms with Crippen LogP contribution in [0.25, 0.3) is 5.76 Å². The van der Waals surface area contributed by atoms with Crippen LogP contribution in [-0.4, -0.2) is 33.8 Å². The summed E-state index contributed by atoms with van der Waals surface area (Å²) in [5.41, 5.74) is -0.434. The summed E-state index contributed by atoms with van der Waals surface area (Å²) in [7, 11) is 0. The second-order valence-corrected chi connectivity index (χ2v) is 6.64. The fourth-order valence-electron chi connectivity index (χ4n) is 3.96. The van der Waals surface area contributed by atoms with Gasteiger partial charge in [0.15, 0.2) is 17.3 Å². The predicted octanol–water partition coefficient (Wildman–Crippen LogP) is 2.91. The van der Waals surface area contributed by atoms with Gasteiger partial charge >= 0.3 is 5.97 Å². The molecule has 2 heterocycles. The normalized spacial score (nSPS) is 19.0. The summed E-state index contributed by atoms with van der Waals surface area (Å²) < 4.78 is 6.65.